The molecular formula is C21H21BO7. The molecule has 1 heterocycles. The second-order valence-electron chi connectivity index (χ2n) is 6.37. The molecule has 8 heteroatoms. The minimum Gasteiger partial charge on any atom is -0.493 e. The summed E-state index contributed by atoms with van der Waals surface area (Å²) in [6.07, 6.45) is 1.69. The van der Waals surface area contributed by atoms with Crippen LogP contribution in [0, 0.1) is 0 Å². The largest absolute Gasteiger partial charge is 0.493 e. The molecular weight excluding hydrogens is 375 g/mol. The van der Waals surface area contributed by atoms with Crippen LogP contribution in [-0.4, -0.2) is 54.6 Å². The molecule has 0 atom stereocenters. The van der Waals surface area contributed by atoms with Crippen molar-refractivity contribution in [3.05, 3.63) is 46.5 Å². The van der Waals surface area contributed by atoms with Gasteiger partial charge < -0.3 is 23.7 Å². The van der Waals surface area contributed by atoms with Gasteiger partial charge in [0.25, 0.3) is 0 Å². The van der Waals surface area contributed by atoms with Gasteiger partial charge in [0.05, 0.1) is 34.0 Å². The van der Waals surface area contributed by atoms with Crippen LogP contribution in [0.15, 0.2) is 29.8 Å². The average molecular weight is 396 g/mol. The number of Topliss-reactive ketones (excluding diaryl/α,β-unsaturated/α-hetero) is 1. The molecule has 0 fully saturated rings. The van der Waals surface area contributed by atoms with Gasteiger partial charge in [-0.15, -0.1) is 0 Å². The van der Waals surface area contributed by atoms with E-state index in [2.05, 4.69) is 0 Å². The lowest BCUT2D eigenvalue weighted by molar-refractivity contribution is 0.0602. The number of carbonyl (C=O) groups excluding carboxylic acids is 2. The summed E-state index contributed by atoms with van der Waals surface area (Å²) < 4.78 is 26.7. The normalized spacial score (nSPS) is 14.1. The zero-order valence-corrected chi connectivity index (χ0v) is 17.0. The van der Waals surface area contributed by atoms with Crippen LogP contribution in [0.5, 0.6) is 23.0 Å². The Bertz CT molecular complexity index is 1010. The van der Waals surface area contributed by atoms with E-state index in [-0.39, 0.29) is 23.7 Å². The predicted molar refractivity (Wildman–Crippen MR) is 110 cm³/mol. The molecule has 0 spiro atoms. The van der Waals surface area contributed by atoms with Gasteiger partial charge in [0.1, 0.15) is 25.8 Å². The summed E-state index contributed by atoms with van der Waals surface area (Å²) in [5.41, 5.74) is 2.60. The van der Waals surface area contributed by atoms with Gasteiger partial charge in [-0.25, -0.2) is 4.79 Å². The van der Waals surface area contributed by atoms with Gasteiger partial charge in [-0.1, -0.05) is 17.6 Å². The van der Waals surface area contributed by atoms with Crippen molar-refractivity contribution in [3.63, 3.8) is 0 Å². The molecule has 0 saturated carbocycles. The van der Waals surface area contributed by atoms with Crippen LogP contribution < -0.4 is 24.4 Å². The number of hydrogen-bond donors (Lipinski definition) is 0. The Labute approximate surface area is 169 Å². The summed E-state index contributed by atoms with van der Waals surface area (Å²) in [6.45, 7) is 0.0753. The summed E-state index contributed by atoms with van der Waals surface area (Å²) in [5.74, 6) is 0.652. The number of hydrogen-bond acceptors (Lipinski definition) is 7. The highest BCUT2D eigenvalue weighted by Gasteiger charge is 2.32. The highest BCUT2D eigenvalue weighted by atomic mass is 16.5. The Morgan fingerprint density at radius 3 is 2.41 bits per heavy atom. The van der Waals surface area contributed by atoms with E-state index in [4.69, 9.17) is 23.7 Å². The molecule has 0 bridgehead atoms. The molecule has 0 aliphatic carbocycles. The lowest BCUT2D eigenvalue weighted by Gasteiger charge is -2.23. The Balaban J connectivity index is 2.07. The fourth-order valence-electron chi connectivity index (χ4n) is 3.21. The Morgan fingerprint density at radius 2 is 1.79 bits per heavy atom. The third-order valence-corrected chi connectivity index (χ3v) is 4.70. The zero-order chi connectivity index (χ0) is 21.1. The van der Waals surface area contributed by atoms with Crippen molar-refractivity contribution in [2.75, 3.05) is 35.0 Å². The minimum atomic E-state index is -0.433. The SMILES string of the molecule is Bc1ccc(/C=C2\COc3cc(OC)c(OC)c(OC)c3C2=O)cc1C(=O)OC. The summed E-state index contributed by atoms with van der Waals surface area (Å²) in [7, 11) is 7.56. The fourth-order valence-corrected chi connectivity index (χ4v) is 3.21. The molecule has 29 heavy (non-hydrogen) atoms. The van der Waals surface area contributed by atoms with Gasteiger partial charge in [0.15, 0.2) is 17.3 Å². The van der Waals surface area contributed by atoms with Crippen LogP contribution in [-0.2, 0) is 4.74 Å². The third-order valence-electron chi connectivity index (χ3n) is 4.70. The van der Waals surface area contributed by atoms with Gasteiger partial charge >= 0.3 is 5.97 Å². The van der Waals surface area contributed by atoms with Crippen molar-refractivity contribution in [2.24, 2.45) is 0 Å². The maximum Gasteiger partial charge on any atom is 0.337 e. The van der Waals surface area contributed by atoms with Crippen molar-refractivity contribution in [1.82, 2.24) is 0 Å². The minimum absolute atomic E-state index is 0.0753. The molecule has 3 rings (SSSR count). The number of esters is 1. The Kier molecular flexibility index (Phi) is 5.82. The number of rotatable bonds is 5. The quantitative estimate of drug-likeness (QED) is 0.430. The summed E-state index contributed by atoms with van der Waals surface area (Å²) in [5, 5.41) is 0. The standard InChI is InChI=1S/C21H21BO7/c1-25-16-9-15-17(20(27-3)19(16)26-2)18(23)12(10-29-15)7-11-5-6-14(22)13(8-11)21(24)28-4/h5-9H,10,22H2,1-4H3/b12-7+. The first kappa shape index (κ1) is 20.3. The third kappa shape index (κ3) is 3.65. The fraction of sp³-hybridized carbons (Fsp3) is 0.238. The molecule has 7 nitrogen and oxygen atoms in total. The first-order chi connectivity index (χ1) is 13.9. The van der Waals surface area contributed by atoms with Crippen molar-refractivity contribution in [3.8, 4) is 23.0 Å². The average Bonchev–Trinajstić information content (AvgIpc) is 2.74. The summed E-state index contributed by atoms with van der Waals surface area (Å²) in [6, 6.07) is 6.91. The second kappa shape index (κ2) is 8.30. The molecule has 1 aliphatic rings. The van der Waals surface area contributed by atoms with Crippen LogP contribution in [0.1, 0.15) is 26.3 Å². The molecule has 150 valence electrons. The maximum absolute atomic E-state index is 13.2. The summed E-state index contributed by atoms with van der Waals surface area (Å²) in [4.78, 5) is 25.1. The highest BCUT2D eigenvalue weighted by Crippen LogP contribution is 2.47. The predicted octanol–water partition coefficient (Wildman–Crippen LogP) is 1.42. The Hall–Kier alpha value is -3.42. The van der Waals surface area contributed by atoms with E-state index < -0.39 is 5.97 Å². The Morgan fingerprint density at radius 1 is 1.07 bits per heavy atom. The van der Waals surface area contributed by atoms with Crippen LogP contribution in [0.3, 0.4) is 0 Å². The molecule has 0 unspecified atom stereocenters. The number of ether oxygens (including phenoxy) is 5. The summed E-state index contributed by atoms with van der Waals surface area (Å²) >= 11 is 0. The van der Waals surface area contributed by atoms with E-state index in [0.29, 0.717) is 33.9 Å². The number of benzene rings is 2. The molecule has 1 aliphatic heterocycles. The van der Waals surface area contributed by atoms with Crippen molar-refractivity contribution >= 4 is 31.1 Å². The van der Waals surface area contributed by atoms with Crippen molar-refractivity contribution in [1.29, 1.82) is 0 Å². The lowest BCUT2D eigenvalue weighted by atomic mass is 9.88. The first-order valence-electron chi connectivity index (χ1n) is 8.85. The molecule has 0 radical (unpaired) electrons. The maximum atomic E-state index is 13.2. The van der Waals surface area contributed by atoms with Crippen LogP contribution in [0.25, 0.3) is 6.08 Å². The van der Waals surface area contributed by atoms with Gasteiger partial charge in [-0.2, -0.15) is 0 Å². The highest BCUT2D eigenvalue weighted by molar-refractivity contribution is 6.36. The molecule has 0 amide bonds. The van der Waals surface area contributed by atoms with Crippen LogP contribution >= 0.6 is 0 Å². The van der Waals surface area contributed by atoms with E-state index in [0.717, 1.165) is 5.46 Å². The molecule has 0 N–H and O–H groups in total. The van der Waals surface area contributed by atoms with E-state index >= 15 is 0 Å². The van der Waals surface area contributed by atoms with Gasteiger partial charge in [-0.3, -0.25) is 4.79 Å². The van der Waals surface area contributed by atoms with E-state index in [9.17, 15) is 9.59 Å². The lowest BCUT2D eigenvalue weighted by Crippen LogP contribution is -2.21. The van der Waals surface area contributed by atoms with Crippen LogP contribution in [0.4, 0.5) is 0 Å². The molecule has 2 aromatic rings. The number of carbonyl (C=O) groups is 2. The second-order valence-corrected chi connectivity index (χ2v) is 6.37. The number of ketones is 1. The number of fused-ring (bicyclic) bond motifs is 1. The first-order valence-corrected chi connectivity index (χ1v) is 8.85. The van der Waals surface area contributed by atoms with Crippen LogP contribution in [0.2, 0.25) is 0 Å². The molecule has 0 saturated heterocycles. The molecule has 0 aromatic heterocycles. The van der Waals surface area contributed by atoms with Gasteiger partial charge in [0.2, 0.25) is 5.75 Å². The van der Waals surface area contributed by atoms with E-state index in [1.54, 1.807) is 24.3 Å². The van der Waals surface area contributed by atoms with E-state index in [1.807, 2.05) is 13.9 Å². The smallest absolute Gasteiger partial charge is 0.337 e. The van der Waals surface area contributed by atoms with Gasteiger partial charge in [0, 0.05) is 11.6 Å². The van der Waals surface area contributed by atoms with Gasteiger partial charge in [-0.05, 0) is 17.7 Å². The van der Waals surface area contributed by atoms with Crippen molar-refractivity contribution < 1.29 is 33.3 Å². The molecule has 2 aromatic carbocycles. The monoisotopic (exact) mass is 396 g/mol. The van der Waals surface area contributed by atoms with Crippen molar-refractivity contribution in [2.45, 2.75) is 0 Å². The zero-order valence-electron chi connectivity index (χ0n) is 17.0. The van der Waals surface area contributed by atoms with E-state index in [1.165, 1.54) is 28.4 Å². The topological polar surface area (TPSA) is 80.3 Å². The number of methoxy groups -OCH3 is 4.